The highest BCUT2D eigenvalue weighted by atomic mass is 79.9. The first-order valence-electron chi connectivity index (χ1n) is 6.63. The topological polar surface area (TPSA) is 25.2 Å². The van der Waals surface area contributed by atoms with E-state index in [1.165, 1.54) is 25.7 Å². The van der Waals surface area contributed by atoms with E-state index >= 15 is 0 Å². The van der Waals surface area contributed by atoms with Crippen molar-refractivity contribution in [1.82, 2.24) is 5.32 Å². The molecule has 0 aromatic carbocycles. The van der Waals surface area contributed by atoms with Crippen LogP contribution < -0.4 is 5.32 Å². The third-order valence-corrected chi connectivity index (χ3v) is 4.60. The number of hydrogen-bond acceptors (Lipinski definition) is 2. The molecule has 0 spiro atoms. The summed E-state index contributed by atoms with van der Waals surface area (Å²) in [6.45, 7) is 5.52. The molecule has 96 valence electrons. The van der Waals surface area contributed by atoms with Gasteiger partial charge in [-0.2, -0.15) is 0 Å². The summed E-state index contributed by atoms with van der Waals surface area (Å²) in [6, 6.07) is 2.61. The van der Waals surface area contributed by atoms with Crippen LogP contribution in [0.4, 0.5) is 0 Å². The van der Waals surface area contributed by atoms with Gasteiger partial charge in [0.05, 0.1) is 17.3 Å². The van der Waals surface area contributed by atoms with E-state index in [-0.39, 0.29) is 0 Å². The molecule has 0 radical (unpaired) electrons. The Morgan fingerprint density at radius 1 is 1.41 bits per heavy atom. The molecule has 0 amide bonds. The van der Waals surface area contributed by atoms with Crippen molar-refractivity contribution in [2.24, 2.45) is 11.8 Å². The molecule has 1 aliphatic carbocycles. The zero-order chi connectivity index (χ0) is 12.3. The van der Waals surface area contributed by atoms with E-state index < -0.39 is 0 Å². The highest BCUT2D eigenvalue weighted by Gasteiger charge is 2.27. The molecule has 1 fully saturated rings. The molecular formula is C14H22BrNO. The first kappa shape index (κ1) is 13.2. The van der Waals surface area contributed by atoms with E-state index in [1.807, 2.05) is 6.07 Å². The average molecular weight is 300 g/mol. The molecule has 2 rings (SSSR count). The van der Waals surface area contributed by atoms with Crippen molar-refractivity contribution in [3.63, 3.8) is 0 Å². The zero-order valence-corrected chi connectivity index (χ0v) is 12.3. The van der Waals surface area contributed by atoms with Gasteiger partial charge in [-0.15, -0.1) is 0 Å². The first-order valence-corrected chi connectivity index (χ1v) is 7.43. The van der Waals surface area contributed by atoms with E-state index in [9.17, 15) is 0 Å². The Labute approximate surface area is 112 Å². The lowest BCUT2D eigenvalue weighted by Crippen LogP contribution is -2.40. The molecule has 1 aliphatic rings. The Kier molecular flexibility index (Phi) is 4.69. The maximum atomic E-state index is 5.44. The van der Waals surface area contributed by atoms with Crippen molar-refractivity contribution in [2.45, 2.75) is 52.1 Å². The lowest BCUT2D eigenvalue weighted by atomic mass is 9.78. The molecule has 1 saturated carbocycles. The van der Waals surface area contributed by atoms with Crippen LogP contribution in [-0.2, 0) is 6.54 Å². The molecule has 0 aliphatic heterocycles. The smallest absolute Gasteiger partial charge is 0.131 e. The van der Waals surface area contributed by atoms with Crippen LogP contribution in [0.5, 0.6) is 0 Å². The summed E-state index contributed by atoms with van der Waals surface area (Å²) in [4.78, 5) is 0. The van der Waals surface area contributed by atoms with Crippen molar-refractivity contribution in [3.8, 4) is 0 Å². The molecular weight excluding hydrogens is 278 g/mol. The Bertz CT molecular complexity index is 348. The quantitative estimate of drug-likeness (QED) is 0.894. The second-order valence-electron chi connectivity index (χ2n) is 5.37. The van der Waals surface area contributed by atoms with Crippen LogP contribution >= 0.6 is 15.9 Å². The maximum absolute atomic E-state index is 5.44. The number of nitrogens with one attached hydrogen (secondary N) is 1. The molecule has 0 bridgehead atoms. The summed E-state index contributed by atoms with van der Waals surface area (Å²) >= 11 is 3.50. The van der Waals surface area contributed by atoms with Gasteiger partial charge in [0.2, 0.25) is 0 Å². The van der Waals surface area contributed by atoms with Crippen molar-refractivity contribution in [1.29, 1.82) is 0 Å². The van der Waals surface area contributed by atoms with Crippen molar-refractivity contribution >= 4 is 15.9 Å². The molecule has 2 atom stereocenters. The maximum Gasteiger partial charge on any atom is 0.131 e. The standard InChI is InChI=1S/C14H22BrNO/c1-10(2)11-5-3-4-6-13(11)16-9-14-12(15)7-8-17-14/h7-8,10-11,13,16H,3-6,9H2,1-2H3. The number of furan rings is 1. The van der Waals surface area contributed by atoms with Gasteiger partial charge in [-0.1, -0.05) is 26.7 Å². The summed E-state index contributed by atoms with van der Waals surface area (Å²) in [7, 11) is 0. The highest BCUT2D eigenvalue weighted by Crippen LogP contribution is 2.30. The van der Waals surface area contributed by atoms with Gasteiger partial charge in [0, 0.05) is 6.04 Å². The van der Waals surface area contributed by atoms with Crippen molar-refractivity contribution in [3.05, 3.63) is 22.6 Å². The highest BCUT2D eigenvalue weighted by molar-refractivity contribution is 9.10. The summed E-state index contributed by atoms with van der Waals surface area (Å²) in [6.07, 6.45) is 7.17. The van der Waals surface area contributed by atoms with Crippen LogP contribution in [0.1, 0.15) is 45.3 Å². The lowest BCUT2D eigenvalue weighted by molar-refractivity contribution is 0.201. The number of hydrogen-bond donors (Lipinski definition) is 1. The Hall–Kier alpha value is -0.280. The molecule has 2 nitrogen and oxygen atoms in total. The van der Waals surface area contributed by atoms with Crippen LogP contribution in [0.15, 0.2) is 21.2 Å². The van der Waals surface area contributed by atoms with Gasteiger partial charge >= 0.3 is 0 Å². The fraction of sp³-hybridized carbons (Fsp3) is 0.714. The van der Waals surface area contributed by atoms with Crippen LogP contribution in [0.3, 0.4) is 0 Å². The second-order valence-corrected chi connectivity index (χ2v) is 6.23. The molecule has 1 aromatic rings. The van der Waals surface area contributed by atoms with Crippen LogP contribution in [-0.4, -0.2) is 6.04 Å². The lowest BCUT2D eigenvalue weighted by Gasteiger charge is -2.35. The monoisotopic (exact) mass is 299 g/mol. The Morgan fingerprint density at radius 3 is 2.82 bits per heavy atom. The molecule has 2 unspecified atom stereocenters. The minimum absolute atomic E-state index is 0.653. The first-order chi connectivity index (χ1) is 8.18. The summed E-state index contributed by atoms with van der Waals surface area (Å²) < 4.78 is 6.51. The van der Waals surface area contributed by atoms with Gasteiger partial charge < -0.3 is 9.73 Å². The Balaban J connectivity index is 1.90. The molecule has 17 heavy (non-hydrogen) atoms. The average Bonchev–Trinajstić information content (AvgIpc) is 2.72. The third kappa shape index (κ3) is 3.35. The van der Waals surface area contributed by atoms with E-state index in [2.05, 4.69) is 35.1 Å². The SMILES string of the molecule is CC(C)C1CCCCC1NCc1occc1Br. The predicted molar refractivity (Wildman–Crippen MR) is 73.8 cm³/mol. The van der Waals surface area contributed by atoms with Gasteiger partial charge in [0.15, 0.2) is 0 Å². The van der Waals surface area contributed by atoms with E-state index in [1.54, 1.807) is 6.26 Å². The largest absolute Gasteiger partial charge is 0.467 e. The summed E-state index contributed by atoms with van der Waals surface area (Å²) in [5.74, 6) is 2.60. The van der Waals surface area contributed by atoms with Crippen LogP contribution in [0, 0.1) is 11.8 Å². The normalized spacial score (nSPS) is 25.4. The molecule has 1 aromatic heterocycles. The van der Waals surface area contributed by atoms with Gasteiger partial charge in [0.1, 0.15) is 5.76 Å². The third-order valence-electron chi connectivity index (χ3n) is 3.89. The van der Waals surface area contributed by atoms with E-state index in [4.69, 9.17) is 4.42 Å². The Morgan fingerprint density at radius 2 is 2.18 bits per heavy atom. The minimum atomic E-state index is 0.653. The van der Waals surface area contributed by atoms with E-state index in [0.29, 0.717) is 6.04 Å². The van der Waals surface area contributed by atoms with E-state index in [0.717, 1.165) is 28.6 Å². The number of halogens is 1. The second kappa shape index (κ2) is 6.05. The fourth-order valence-corrected chi connectivity index (χ4v) is 3.23. The molecule has 1 N–H and O–H groups in total. The molecule has 1 heterocycles. The fourth-order valence-electron chi connectivity index (χ4n) is 2.89. The van der Waals surface area contributed by atoms with Crippen LogP contribution in [0.2, 0.25) is 0 Å². The minimum Gasteiger partial charge on any atom is -0.467 e. The van der Waals surface area contributed by atoms with Gasteiger partial charge in [-0.25, -0.2) is 0 Å². The van der Waals surface area contributed by atoms with Crippen LogP contribution in [0.25, 0.3) is 0 Å². The predicted octanol–water partition coefficient (Wildman–Crippen LogP) is 4.35. The van der Waals surface area contributed by atoms with Gasteiger partial charge in [0.25, 0.3) is 0 Å². The molecule has 3 heteroatoms. The van der Waals surface area contributed by atoms with Crippen molar-refractivity contribution in [2.75, 3.05) is 0 Å². The zero-order valence-electron chi connectivity index (χ0n) is 10.7. The van der Waals surface area contributed by atoms with Crippen molar-refractivity contribution < 1.29 is 4.42 Å². The van der Waals surface area contributed by atoms with Gasteiger partial charge in [-0.05, 0) is 46.7 Å². The summed E-state index contributed by atoms with van der Waals surface area (Å²) in [5.41, 5.74) is 0. The molecule has 0 saturated heterocycles. The number of rotatable bonds is 4. The van der Waals surface area contributed by atoms with Gasteiger partial charge in [-0.3, -0.25) is 0 Å². The summed E-state index contributed by atoms with van der Waals surface area (Å²) in [5, 5.41) is 3.67.